The number of benzene rings is 1. The first-order chi connectivity index (χ1) is 14.1. The van der Waals surface area contributed by atoms with Gasteiger partial charge in [0.25, 0.3) is 0 Å². The van der Waals surface area contributed by atoms with Crippen LogP contribution in [-0.2, 0) is 4.79 Å². The number of amides is 1. The van der Waals surface area contributed by atoms with Crippen LogP contribution in [0.4, 0.5) is 10.8 Å². The molecule has 0 spiro atoms. The lowest BCUT2D eigenvalue weighted by Gasteiger charge is -2.30. The van der Waals surface area contributed by atoms with Gasteiger partial charge in [0, 0.05) is 24.8 Å². The fourth-order valence-electron chi connectivity index (χ4n) is 3.36. The first-order valence-corrected chi connectivity index (χ1v) is 11.4. The predicted molar refractivity (Wildman–Crippen MR) is 118 cm³/mol. The lowest BCUT2D eigenvalue weighted by Crippen LogP contribution is -2.34. The minimum Gasteiger partial charge on any atom is -0.497 e. The highest BCUT2D eigenvalue weighted by Crippen LogP contribution is 2.35. The Bertz CT molecular complexity index is 1010. The second-order valence-electron chi connectivity index (χ2n) is 7.09. The van der Waals surface area contributed by atoms with Crippen LogP contribution >= 0.6 is 23.1 Å². The number of thiazole rings is 1. The summed E-state index contributed by atoms with van der Waals surface area (Å²) in [6, 6.07) is 7.31. The Balaban J connectivity index is 1.44. The molecule has 4 rings (SSSR count). The van der Waals surface area contributed by atoms with Crippen molar-refractivity contribution in [1.82, 2.24) is 15.0 Å². The van der Waals surface area contributed by atoms with Crippen LogP contribution in [0, 0.1) is 5.92 Å². The molecule has 2 aromatic heterocycles. The second kappa shape index (κ2) is 8.96. The lowest BCUT2D eigenvalue weighted by molar-refractivity contribution is -0.113. The summed E-state index contributed by atoms with van der Waals surface area (Å²) in [5.41, 5.74) is 1.41. The van der Waals surface area contributed by atoms with Crippen molar-refractivity contribution in [3.63, 3.8) is 0 Å². The van der Waals surface area contributed by atoms with E-state index in [1.807, 2.05) is 18.2 Å². The topological polar surface area (TPSA) is 80.2 Å². The van der Waals surface area contributed by atoms with E-state index in [1.54, 1.807) is 24.5 Å². The first-order valence-electron chi connectivity index (χ1n) is 9.55. The van der Waals surface area contributed by atoms with Crippen LogP contribution in [0.15, 0.2) is 35.6 Å². The van der Waals surface area contributed by atoms with Gasteiger partial charge < -0.3 is 15.0 Å². The van der Waals surface area contributed by atoms with Crippen LogP contribution in [0.5, 0.6) is 5.75 Å². The summed E-state index contributed by atoms with van der Waals surface area (Å²) in [7, 11) is 1.60. The van der Waals surface area contributed by atoms with E-state index in [-0.39, 0.29) is 11.7 Å². The van der Waals surface area contributed by atoms with E-state index in [0.29, 0.717) is 23.0 Å². The van der Waals surface area contributed by atoms with Gasteiger partial charge in [-0.05, 0) is 30.9 Å². The van der Waals surface area contributed by atoms with Crippen molar-refractivity contribution in [1.29, 1.82) is 0 Å². The highest BCUT2D eigenvalue weighted by Gasteiger charge is 2.21. The number of hydrogen-bond donors (Lipinski definition) is 1. The number of rotatable bonds is 6. The first kappa shape index (κ1) is 19.9. The number of hydrogen-bond acceptors (Lipinski definition) is 8. The van der Waals surface area contributed by atoms with Gasteiger partial charge >= 0.3 is 0 Å². The molecule has 3 aromatic rings. The Labute approximate surface area is 177 Å². The molecule has 7 nitrogen and oxygen atoms in total. The number of aromatic nitrogens is 3. The average Bonchev–Trinajstić information content (AvgIpc) is 3.17. The Morgan fingerprint density at radius 3 is 3.14 bits per heavy atom. The third-order valence-corrected chi connectivity index (χ3v) is 7.00. The number of fused-ring (bicyclic) bond motifs is 1. The zero-order chi connectivity index (χ0) is 20.2. The molecule has 1 saturated heterocycles. The molecule has 1 aromatic carbocycles. The fourth-order valence-corrected chi connectivity index (χ4v) is 5.28. The van der Waals surface area contributed by atoms with Crippen LogP contribution in [-0.4, -0.2) is 46.8 Å². The van der Waals surface area contributed by atoms with Gasteiger partial charge in [-0.3, -0.25) is 4.79 Å². The van der Waals surface area contributed by atoms with E-state index in [1.165, 1.54) is 30.9 Å². The van der Waals surface area contributed by atoms with E-state index in [4.69, 9.17) is 9.72 Å². The standard InChI is InChI=1S/C20H23N5O2S2/c1-13-5-4-8-25(10-13)20-24-18-17(29-20)19(22-12-21-18)28-11-16(26)23-14-6-3-7-15(9-14)27-2/h3,6-7,9,12-13H,4-5,8,10-11H2,1-2H3,(H,23,26). The molecular formula is C20H23N5O2S2. The maximum atomic E-state index is 12.4. The molecule has 1 aliphatic rings. The molecule has 1 fully saturated rings. The lowest BCUT2D eigenvalue weighted by atomic mass is 10.0. The summed E-state index contributed by atoms with van der Waals surface area (Å²) in [4.78, 5) is 28.1. The van der Waals surface area contributed by atoms with Crippen molar-refractivity contribution in [2.75, 3.05) is 36.2 Å². The SMILES string of the molecule is COc1cccc(NC(=O)CSc2ncnc3nc(N4CCCC(C)C4)sc23)c1. The number of piperidine rings is 1. The summed E-state index contributed by atoms with van der Waals surface area (Å²) >= 11 is 3.02. The molecule has 0 aliphatic carbocycles. The second-order valence-corrected chi connectivity index (χ2v) is 9.03. The highest BCUT2D eigenvalue weighted by molar-refractivity contribution is 8.00. The van der Waals surface area contributed by atoms with E-state index in [2.05, 4.69) is 27.1 Å². The highest BCUT2D eigenvalue weighted by atomic mass is 32.2. The van der Waals surface area contributed by atoms with Crippen molar-refractivity contribution in [3.8, 4) is 5.75 Å². The quantitative estimate of drug-likeness (QED) is 0.467. The zero-order valence-corrected chi connectivity index (χ0v) is 18.1. The number of nitrogens with one attached hydrogen (secondary N) is 1. The normalized spacial score (nSPS) is 16.8. The Morgan fingerprint density at radius 2 is 2.31 bits per heavy atom. The summed E-state index contributed by atoms with van der Waals surface area (Å²) < 4.78 is 6.13. The molecule has 1 atom stereocenters. The number of ether oxygens (including phenoxy) is 1. The molecule has 1 amide bonds. The van der Waals surface area contributed by atoms with Crippen molar-refractivity contribution in [2.45, 2.75) is 24.8 Å². The molecular weight excluding hydrogens is 406 g/mol. The van der Waals surface area contributed by atoms with E-state index in [9.17, 15) is 4.79 Å². The van der Waals surface area contributed by atoms with Gasteiger partial charge in [-0.15, -0.1) is 0 Å². The molecule has 0 radical (unpaired) electrons. The van der Waals surface area contributed by atoms with E-state index >= 15 is 0 Å². The van der Waals surface area contributed by atoms with Gasteiger partial charge in [0.15, 0.2) is 10.8 Å². The van der Waals surface area contributed by atoms with Crippen LogP contribution in [0.25, 0.3) is 10.3 Å². The van der Waals surface area contributed by atoms with Crippen LogP contribution in [0.2, 0.25) is 0 Å². The predicted octanol–water partition coefficient (Wildman–Crippen LogP) is 4.06. The molecule has 0 saturated carbocycles. The Morgan fingerprint density at radius 1 is 1.41 bits per heavy atom. The molecule has 0 bridgehead atoms. The molecule has 9 heteroatoms. The summed E-state index contributed by atoms with van der Waals surface area (Å²) in [5.74, 6) is 1.55. The molecule has 1 N–H and O–H groups in total. The summed E-state index contributed by atoms with van der Waals surface area (Å²) in [6.45, 7) is 4.34. The summed E-state index contributed by atoms with van der Waals surface area (Å²) in [5, 5.41) is 4.68. The number of nitrogens with zero attached hydrogens (tertiary/aromatic N) is 4. The van der Waals surface area contributed by atoms with Gasteiger partial charge in [-0.25, -0.2) is 9.97 Å². The zero-order valence-electron chi connectivity index (χ0n) is 16.4. The average molecular weight is 430 g/mol. The Hall–Kier alpha value is -2.39. The van der Waals surface area contributed by atoms with Gasteiger partial charge in [-0.2, -0.15) is 4.98 Å². The molecule has 29 heavy (non-hydrogen) atoms. The smallest absolute Gasteiger partial charge is 0.234 e. The van der Waals surface area contributed by atoms with Gasteiger partial charge in [-0.1, -0.05) is 36.1 Å². The summed E-state index contributed by atoms with van der Waals surface area (Å²) in [6.07, 6.45) is 3.98. The third-order valence-electron chi connectivity index (χ3n) is 4.77. The number of carbonyl (C=O) groups excluding carboxylic acids is 1. The maximum absolute atomic E-state index is 12.4. The molecule has 152 valence electrons. The van der Waals surface area contributed by atoms with Crippen LogP contribution in [0.3, 0.4) is 0 Å². The van der Waals surface area contributed by atoms with Crippen molar-refractivity contribution in [2.24, 2.45) is 5.92 Å². The van der Waals surface area contributed by atoms with Crippen molar-refractivity contribution in [3.05, 3.63) is 30.6 Å². The molecule has 3 heterocycles. The van der Waals surface area contributed by atoms with Gasteiger partial charge in [0.1, 0.15) is 21.8 Å². The van der Waals surface area contributed by atoms with Crippen molar-refractivity contribution < 1.29 is 9.53 Å². The monoisotopic (exact) mass is 429 g/mol. The number of anilines is 2. The molecule has 1 aliphatic heterocycles. The minimum atomic E-state index is -0.0930. The number of methoxy groups -OCH3 is 1. The van der Waals surface area contributed by atoms with Crippen LogP contribution < -0.4 is 15.0 Å². The third kappa shape index (κ3) is 4.79. The largest absolute Gasteiger partial charge is 0.497 e. The van der Waals surface area contributed by atoms with E-state index < -0.39 is 0 Å². The van der Waals surface area contributed by atoms with Crippen molar-refractivity contribution >= 4 is 50.2 Å². The molecule has 1 unspecified atom stereocenters. The van der Waals surface area contributed by atoms with Gasteiger partial charge in [0.05, 0.1) is 12.9 Å². The number of thioether (sulfide) groups is 1. The minimum absolute atomic E-state index is 0.0930. The fraction of sp³-hybridized carbons (Fsp3) is 0.400. The number of carbonyl (C=O) groups is 1. The Kier molecular flexibility index (Phi) is 6.15. The van der Waals surface area contributed by atoms with E-state index in [0.717, 1.165) is 27.9 Å². The van der Waals surface area contributed by atoms with Gasteiger partial charge in [0.2, 0.25) is 5.91 Å². The maximum Gasteiger partial charge on any atom is 0.234 e. The van der Waals surface area contributed by atoms with Crippen LogP contribution in [0.1, 0.15) is 19.8 Å².